The van der Waals surface area contributed by atoms with Crippen LogP contribution in [0.15, 0.2) is 36.5 Å². The van der Waals surface area contributed by atoms with E-state index in [9.17, 15) is 14.4 Å². The number of rotatable bonds is 69. The van der Waals surface area contributed by atoms with Crippen LogP contribution in [0, 0.1) is 0 Å². The van der Waals surface area contributed by atoms with E-state index in [2.05, 4.69) is 57.2 Å². The molecule has 0 amide bonds. The first-order chi connectivity index (χ1) is 40.5. The van der Waals surface area contributed by atoms with Crippen LogP contribution in [0.3, 0.4) is 0 Å². The summed E-state index contributed by atoms with van der Waals surface area (Å²) in [5.41, 5.74) is 0. The molecule has 0 fully saturated rings. The number of carbonyl (C=O) groups is 3. The van der Waals surface area contributed by atoms with Crippen molar-refractivity contribution in [3.63, 3.8) is 0 Å². The Balaban J connectivity index is 4.07. The molecule has 0 aliphatic carbocycles. The van der Waals surface area contributed by atoms with E-state index in [0.29, 0.717) is 19.3 Å². The van der Waals surface area contributed by atoms with Crippen molar-refractivity contribution >= 4 is 17.9 Å². The normalized spacial score (nSPS) is 12.2. The van der Waals surface area contributed by atoms with Gasteiger partial charge in [0.05, 0.1) is 0 Å². The van der Waals surface area contributed by atoms with E-state index in [1.54, 1.807) is 0 Å². The zero-order valence-corrected chi connectivity index (χ0v) is 55.5. The smallest absolute Gasteiger partial charge is 0.306 e. The van der Waals surface area contributed by atoms with Gasteiger partial charge in [-0.1, -0.05) is 359 Å². The number of esters is 3. The van der Waals surface area contributed by atoms with Gasteiger partial charge in [-0.2, -0.15) is 0 Å². The van der Waals surface area contributed by atoms with Crippen LogP contribution in [0.5, 0.6) is 0 Å². The van der Waals surface area contributed by atoms with Gasteiger partial charge in [0.25, 0.3) is 0 Å². The molecule has 0 spiro atoms. The van der Waals surface area contributed by atoms with Gasteiger partial charge in [-0.05, 0) is 70.6 Å². The van der Waals surface area contributed by atoms with Gasteiger partial charge in [-0.15, -0.1) is 0 Å². The van der Waals surface area contributed by atoms with Crippen molar-refractivity contribution in [1.29, 1.82) is 0 Å². The number of allylic oxidation sites excluding steroid dienone is 6. The SMILES string of the molecule is CCC/C=C\C/C=C\CCCCCCCC(=O)OCC(COC(=O)CCCCCCCCCCCCCCCCCCCCCCCCCCCCCCCCCCCC)OC(=O)CCCCCCCCC/C=C\CCCCCCCC. The molecule has 0 rings (SSSR count). The van der Waals surface area contributed by atoms with E-state index >= 15 is 0 Å². The summed E-state index contributed by atoms with van der Waals surface area (Å²) < 4.78 is 17.0. The summed E-state index contributed by atoms with van der Waals surface area (Å²) in [7, 11) is 0. The van der Waals surface area contributed by atoms with Crippen LogP contribution in [0.4, 0.5) is 0 Å². The van der Waals surface area contributed by atoms with E-state index in [0.717, 1.165) is 83.5 Å². The van der Waals surface area contributed by atoms with Gasteiger partial charge >= 0.3 is 17.9 Å². The lowest BCUT2D eigenvalue weighted by Gasteiger charge is -2.18. The fourth-order valence-corrected chi connectivity index (χ4v) is 11.3. The molecule has 0 radical (unpaired) electrons. The molecule has 0 aliphatic heterocycles. The molecule has 0 N–H and O–H groups in total. The molecule has 82 heavy (non-hydrogen) atoms. The van der Waals surface area contributed by atoms with Crippen LogP contribution in [-0.2, 0) is 28.6 Å². The fourth-order valence-electron chi connectivity index (χ4n) is 11.3. The lowest BCUT2D eigenvalue weighted by Crippen LogP contribution is -2.30. The first kappa shape index (κ1) is 79.6. The maximum Gasteiger partial charge on any atom is 0.306 e. The summed E-state index contributed by atoms with van der Waals surface area (Å²) in [6, 6.07) is 0. The summed E-state index contributed by atoms with van der Waals surface area (Å²) in [4.78, 5) is 38.4. The Bertz CT molecular complexity index is 1370. The molecule has 0 aliphatic rings. The van der Waals surface area contributed by atoms with Crippen molar-refractivity contribution in [2.45, 2.75) is 419 Å². The average Bonchev–Trinajstić information content (AvgIpc) is 3.47. The predicted molar refractivity (Wildman–Crippen MR) is 358 cm³/mol. The maximum atomic E-state index is 12.9. The van der Waals surface area contributed by atoms with Crippen molar-refractivity contribution < 1.29 is 28.6 Å². The first-order valence-electron chi connectivity index (χ1n) is 37.0. The summed E-state index contributed by atoms with van der Waals surface area (Å²) in [6.45, 7) is 6.63. The summed E-state index contributed by atoms with van der Waals surface area (Å²) in [5.74, 6) is -0.867. The lowest BCUT2D eigenvalue weighted by atomic mass is 10.0. The quantitative estimate of drug-likeness (QED) is 0.0261. The Morgan fingerprint density at radius 1 is 0.244 bits per heavy atom. The number of hydrogen-bond donors (Lipinski definition) is 0. The third kappa shape index (κ3) is 68.4. The zero-order valence-electron chi connectivity index (χ0n) is 55.5. The number of hydrogen-bond acceptors (Lipinski definition) is 6. The molecular weight excluding hydrogens is 1010 g/mol. The fraction of sp³-hybridized carbons (Fsp3) is 0.882. The number of ether oxygens (including phenoxy) is 3. The van der Waals surface area contributed by atoms with Crippen LogP contribution in [-0.4, -0.2) is 37.2 Å². The number of unbranched alkanes of at least 4 members (excludes halogenated alkanes) is 52. The predicted octanol–water partition coefficient (Wildman–Crippen LogP) is 25.5. The van der Waals surface area contributed by atoms with Crippen LogP contribution in [0.1, 0.15) is 412 Å². The summed E-state index contributed by atoms with van der Waals surface area (Å²) >= 11 is 0. The highest BCUT2D eigenvalue weighted by Crippen LogP contribution is 2.19. The van der Waals surface area contributed by atoms with Crippen molar-refractivity contribution in [2.24, 2.45) is 0 Å². The molecule has 6 nitrogen and oxygen atoms in total. The molecular formula is C76H142O6. The highest BCUT2D eigenvalue weighted by Gasteiger charge is 2.19. The minimum Gasteiger partial charge on any atom is -0.462 e. The third-order valence-electron chi connectivity index (χ3n) is 16.8. The molecule has 0 heterocycles. The topological polar surface area (TPSA) is 78.9 Å². The van der Waals surface area contributed by atoms with Gasteiger partial charge < -0.3 is 14.2 Å². The summed E-state index contributed by atoms with van der Waals surface area (Å²) in [6.07, 6.45) is 89.2. The summed E-state index contributed by atoms with van der Waals surface area (Å²) in [5, 5.41) is 0. The molecule has 1 atom stereocenters. The molecule has 0 saturated carbocycles. The van der Waals surface area contributed by atoms with E-state index in [1.807, 2.05) is 0 Å². The number of carbonyl (C=O) groups excluding carboxylic acids is 3. The van der Waals surface area contributed by atoms with Crippen molar-refractivity contribution in [3.05, 3.63) is 36.5 Å². The van der Waals surface area contributed by atoms with Gasteiger partial charge in [0.15, 0.2) is 6.10 Å². The van der Waals surface area contributed by atoms with Crippen molar-refractivity contribution in [2.75, 3.05) is 13.2 Å². The third-order valence-corrected chi connectivity index (χ3v) is 16.8. The second kappa shape index (κ2) is 71.1. The van der Waals surface area contributed by atoms with Crippen LogP contribution < -0.4 is 0 Å². The van der Waals surface area contributed by atoms with Gasteiger partial charge in [0.1, 0.15) is 13.2 Å². The Kier molecular flexibility index (Phi) is 69.1. The van der Waals surface area contributed by atoms with Gasteiger partial charge in [-0.25, -0.2) is 0 Å². The lowest BCUT2D eigenvalue weighted by molar-refractivity contribution is -0.167. The molecule has 0 aromatic heterocycles. The molecule has 0 saturated heterocycles. The molecule has 482 valence electrons. The Labute approximate surface area is 512 Å². The molecule has 1 unspecified atom stereocenters. The van der Waals surface area contributed by atoms with Crippen molar-refractivity contribution in [3.8, 4) is 0 Å². The Hall–Kier alpha value is -2.37. The average molecular weight is 1150 g/mol. The monoisotopic (exact) mass is 1150 g/mol. The van der Waals surface area contributed by atoms with Crippen LogP contribution >= 0.6 is 0 Å². The van der Waals surface area contributed by atoms with Crippen LogP contribution in [0.25, 0.3) is 0 Å². The minimum absolute atomic E-state index is 0.0742. The maximum absolute atomic E-state index is 12.9. The van der Waals surface area contributed by atoms with Gasteiger partial charge in [0, 0.05) is 19.3 Å². The Morgan fingerprint density at radius 3 is 0.732 bits per heavy atom. The largest absolute Gasteiger partial charge is 0.462 e. The zero-order chi connectivity index (χ0) is 59.2. The van der Waals surface area contributed by atoms with Crippen molar-refractivity contribution in [1.82, 2.24) is 0 Å². The van der Waals surface area contributed by atoms with Gasteiger partial charge in [-0.3, -0.25) is 14.4 Å². The molecule has 0 bridgehead atoms. The van der Waals surface area contributed by atoms with E-state index < -0.39 is 6.10 Å². The van der Waals surface area contributed by atoms with E-state index in [4.69, 9.17) is 14.2 Å². The molecule has 0 aromatic carbocycles. The minimum atomic E-state index is -0.779. The van der Waals surface area contributed by atoms with Crippen LogP contribution in [0.2, 0.25) is 0 Å². The van der Waals surface area contributed by atoms with E-state index in [1.165, 1.54) is 289 Å². The molecule has 6 heteroatoms. The van der Waals surface area contributed by atoms with E-state index in [-0.39, 0.29) is 31.1 Å². The highest BCUT2D eigenvalue weighted by atomic mass is 16.6. The second-order valence-corrected chi connectivity index (χ2v) is 25.2. The highest BCUT2D eigenvalue weighted by molar-refractivity contribution is 5.71. The van der Waals surface area contributed by atoms with Gasteiger partial charge in [0.2, 0.25) is 0 Å². The second-order valence-electron chi connectivity index (χ2n) is 25.2. The molecule has 0 aromatic rings. The Morgan fingerprint density at radius 2 is 0.463 bits per heavy atom. The first-order valence-corrected chi connectivity index (χ1v) is 37.0. The standard InChI is InChI=1S/C76H142O6/c1-4-7-10-13-16-19-22-25-27-29-30-31-32-33-34-35-36-37-38-39-40-41-42-43-44-45-47-48-51-54-57-60-63-66-69-75(78)81-72-73(71-80-74(77)68-65-62-59-56-53-50-24-21-18-15-12-9-6-3)82-76(79)70-67-64-61-58-55-52-49-46-28-26-23-20-17-14-11-8-5-2/h12,15,21,24,26,28,73H,4-11,13-14,16-20,22-23,25,27,29-72H2,1-3H3/b15-12-,24-21-,28-26-.